The number of hydrogen-bond donors (Lipinski definition) is 5. The fourth-order valence-corrected chi connectivity index (χ4v) is 1.97. The quantitative estimate of drug-likeness (QED) is 0.450. The number of aliphatic hydroxyl groups excluding tert-OH is 5. The van der Waals surface area contributed by atoms with E-state index in [4.69, 9.17) is 19.7 Å². The number of rotatable bonds is 4. The van der Waals surface area contributed by atoms with E-state index < -0.39 is 37.3 Å². The van der Waals surface area contributed by atoms with Crippen molar-refractivity contribution in [3.8, 4) is 5.75 Å². The van der Waals surface area contributed by atoms with Crippen LogP contribution >= 0.6 is 0 Å². The number of ether oxygens (including phenoxy) is 2. The van der Waals surface area contributed by atoms with E-state index in [0.29, 0.717) is 11.3 Å². The second kappa shape index (κ2) is 6.49. The van der Waals surface area contributed by atoms with Gasteiger partial charge in [0.1, 0.15) is 30.2 Å². The van der Waals surface area contributed by atoms with Gasteiger partial charge in [-0.05, 0) is 17.7 Å². The highest BCUT2D eigenvalue weighted by Gasteiger charge is 2.44. The first-order valence-corrected chi connectivity index (χ1v) is 6.23. The van der Waals surface area contributed by atoms with Crippen molar-refractivity contribution in [2.75, 3.05) is 6.61 Å². The lowest BCUT2D eigenvalue weighted by atomic mass is 9.99. The van der Waals surface area contributed by atoms with Crippen LogP contribution in [0.2, 0.25) is 0 Å². The molecule has 2 rings (SSSR count). The summed E-state index contributed by atoms with van der Waals surface area (Å²) in [6.45, 7) is -0.603. The van der Waals surface area contributed by atoms with Gasteiger partial charge in [0.15, 0.2) is 0 Å². The zero-order valence-electron chi connectivity index (χ0n) is 10.7. The molecule has 1 saturated heterocycles. The zero-order chi connectivity index (χ0) is 14.7. The second-order valence-corrected chi connectivity index (χ2v) is 4.62. The van der Waals surface area contributed by atoms with Gasteiger partial charge in [0.2, 0.25) is 6.29 Å². The topological polar surface area (TPSA) is 120 Å². The standard InChI is InChI=1S/C13H18O7/c14-5-7-1-3-8(4-2-7)19-13-12(18)11(17)10(16)9(6-15)20-13/h1-4,9-18H,5-6H2/t9-,10+,11-,12-,13+/m0/s1. The van der Waals surface area contributed by atoms with Crippen LogP contribution in [0.5, 0.6) is 5.75 Å². The molecule has 1 aliphatic heterocycles. The zero-order valence-corrected chi connectivity index (χ0v) is 10.7. The monoisotopic (exact) mass is 286 g/mol. The van der Waals surface area contributed by atoms with E-state index in [1.54, 1.807) is 24.3 Å². The number of benzene rings is 1. The van der Waals surface area contributed by atoms with Crippen molar-refractivity contribution in [2.45, 2.75) is 37.3 Å². The fourth-order valence-electron chi connectivity index (χ4n) is 1.97. The maximum Gasteiger partial charge on any atom is 0.229 e. The molecule has 0 saturated carbocycles. The average molecular weight is 286 g/mol. The summed E-state index contributed by atoms with van der Waals surface area (Å²) in [5, 5.41) is 47.0. The molecule has 1 aromatic rings. The van der Waals surface area contributed by atoms with Gasteiger partial charge in [0, 0.05) is 0 Å². The Kier molecular flexibility index (Phi) is 4.92. The fraction of sp³-hybridized carbons (Fsp3) is 0.538. The van der Waals surface area contributed by atoms with Crippen molar-refractivity contribution in [3.63, 3.8) is 0 Å². The molecule has 1 fully saturated rings. The lowest BCUT2D eigenvalue weighted by molar-refractivity contribution is -0.277. The van der Waals surface area contributed by atoms with Crippen LogP contribution in [0, 0.1) is 0 Å². The minimum Gasteiger partial charge on any atom is -0.462 e. The van der Waals surface area contributed by atoms with Crippen LogP contribution in [0.25, 0.3) is 0 Å². The molecule has 0 spiro atoms. The maximum absolute atomic E-state index is 9.80. The van der Waals surface area contributed by atoms with E-state index in [1.807, 2.05) is 0 Å². The largest absolute Gasteiger partial charge is 0.462 e. The third-order valence-corrected chi connectivity index (χ3v) is 3.21. The molecule has 112 valence electrons. The van der Waals surface area contributed by atoms with Crippen molar-refractivity contribution >= 4 is 0 Å². The second-order valence-electron chi connectivity index (χ2n) is 4.62. The van der Waals surface area contributed by atoms with Crippen LogP contribution in [-0.4, -0.2) is 62.8 Å². The van der Waals surface area contributed by atoms with E-state index in [1.165, 1.54) is 0 Å². The van der Waals surface area contributed by atoms with Crippen molar-refractivity contribution < 1.29 is 35.0 Å². The highest BCUT2D eigenvalue weighted by molar-refractivity contribution is 5.27. The molecule has 0 radical (unpaired) electrons. The Labute approximate surface area is 115 Å². The summed E-state index contributed by atoms with van der Waals surface area (Å²) in [6.07, 6.45) is -6.53. The first kappa shape index (κ1) is 15.2. The Morgan fingerprint density at radius 3 is 2.15 bits per heavy atom. The molecular formula is C13H18O7. The molecule has 5 N–H and O–H groups in total. The summed E-state index contributed by atoms with van der Waals surface area (Å²) in [5.41, 5.74) is 0.700. The van der Waals surface area contributed by atoms with E-state index in [-0.39, 0.29) is 6.61 Å². The molecule has 0 aliphatic carbocycles. The van der Waals surface area contributed by atoms with Crippen molar-refractivity contribution in [1.82, 2.24) is 0 Å². The highest BCUT2D eigenvalue weighted by atomic mass is 16.7. The smallest absolute Gasteiger partial charge is 0.229 e. The molecule has 5 atom stereocenters. The molecule has 0 unspecified atom stereocenters. The Morgan fingerprint density at radius 1 is 0.950 bits per heavy atom. The van der Waals surface area contributed by atoms with E-state index >= 15 is 0 Å². The van der Waals surface area contributed by atoms with Crippen LogP contribution in [-0.2, 0) is 11.3 Å². The van der Waals surface area contributed by atoms with E-state index in [9.17, 15) is 15.3 Å². The lowest BCUT2D eigenvalue weighted by Gasteiger charge is -2.39. The predicted octanol–water partition coefficient (Wildman–Crippen LogP) is -1.64. The first-order valence-electron chi connectivity index (χ1n) is 6.23. The van der Waals surface area contributed by atoms with Crippen molar-refractivity contribution in [2.24, 2.45) is 0 Å². The number of hydrogen-bond acceptors (Lipinski definition) is 7. The summed E-state index contributed by atoms with van der Waals surface area (Å²) < 4.78 is 10.6. The first-order chi connectivity index (χ1) is 9.56. The van der Waals surface area contributed by atoms with Crippen LogP contribution < -0.4 is 4.74 Å². The molecule has 7 nitrogen and oxygen atoms in total. The number of aliphatic hydroxyl groups is 5. The average Bonchev–Trinajstić information content (AvgIpc) is 2.48. The molecule has 1 aromatic carbocycles. The predicted molar refractivity (Wildman–Crippen MR) is 66.8 cm³/mol. The third kappa shape index (κ3) is 3.09. The van der Waals surface area contributed by atoms with Gasteiger partial charge in [-0.3, -0.25) is 0 Å². The van der Waals surface area contributed by atoms with Gasteiger partial charge in [-0.2, -0.15) is 0 Å². The normalized spacial score (nSPS) is 34.0. The summed E-state index contributed by atoms with van der Waals surface area (Å²) in [4.78, 5) is 0. The molecule has 20 heavy (non-hydrogen) atoms. The Bertz CT molecular complexity index is 419. The molecule has 0 bridgehead atoms. The minimum absolute atomic E-state index is 0.0969. The Morgan fingerprint density at radius 2 is 1.60 bits per heavy atom. The highest BCUT2D eigenvalue weighted by Crippen LogP contribution is 2.24. The minimum atomic E-state index is -1.47. The molecule has 0 aromatic heterocycles. The van der Waals surface area contributed by atoms with Crippen molar-refractivity contribution in [3.05, 3.63) is 29.8 Å². The molecule has 1 aliphatic rings. The van der Waals surface area contributed by atoms with Gasteiger partial charge in [-0.1, -0.05) is 12.1 Å². The van der Waals surface area contributed by atoms with Crippen LogP contribution in [0.1, 0.15) is 5.56 Å². The maximum atomic E-state index is 9.80. The Balaban J connectivity index is 2.06. The SMILES string of the molecule is OCc1ccc(O[C@@H]2O[C@@H](CO)[C@@H](O)[C@H](O)[C@@H]2O)cc1. The molecule has 0 amide bonds. The van der Waals surface area contributed by atoms with Crippen LogP contribution in [0.15, 0.2) is 24.3 Å². The van der Waals surface area contributed by atoms with Crippen molar-refractivity contribution in [1.29, 1.82) is 0 Å². The van der Waals surface area contributed by atoms with E-state index in [0.717, 1.165) is 0 Å². The van der Waals surface area contributed by atoms with E-state index in [2.05, 4.69) is 0 Å². The van der Waals surface area contributed by atoms with Gasteiger partial charge in [-0.25, -0.2) is 0 Å². The Hall–Kier alpha value is -1.22. The van der Waals surface area contributed by atoms with Crippen LogP contribution in [0.3, 0.4) is 0 Å². The summed E-state index contributed by atoms with van der Waals surface area (Å²) in [7, 11) is 0. The molecular weight excluding hydrogens is 268 g/mol. The third-order valence-electron chi connectivity index (χ3n) is 3.21. The van der Waals surface area contributed by atoms with Gasteiger partial charge < -0.3 is 35.0 Å². The molecule has 7 heteroatoms. The summed E-state index contributed by atoms with van der Waals surface area (Å²) in [6, 6.07) is 6.43. The summed E-state index contributed by atoms with van der Waals surface area (Å²) >= 11 is 0. The lowest BCUT2D eigenvalue weighted by Crippen LogP contribution is -2.60. The van der Waals surface area contributed by atoms with Crippen LogP contribution in [0.4, 0.5) is 0 Å². The van der Waals surface area contributed by atoms with Gasteiger partial charge >= 0.3 is 0 Å². The van der Waals surface area contributed by atoms with Gasteiger partial charge in [-0.15, -0.1) is 0 Å². The van der Waals surface area contributed by atoms with Gasteiger partial charge in [0.05, 0.1) is 13.2 Å². The van der Waals surface area contributed by atoms with Gasteiger partial charge in [0.25, 0.3) is 0 Å². The molecule has 1 heterocycles. The summed E-state index contributed by atoms with van der Waals surface area (Å²) in [5.74, 6) is 0.367.